The lowest BCUT2D eigenvalue weighted by Gasteiger charge is -2.12. The van der Waals surface area contributed by atoms with Crippen LogP contribution in [0.1, 0.15) is 28.1 Å². The van der Waals surface area contributed by atoms with Gasteiger partial charge in [-0.1, -0.05) is 34.8 Å². The molecule has 3 aromatic rings. The van der Waals surface area contributed by atoms with Gasteiger partial charge >= 0.3 is 0 Å². The Hall–Kier alpha value is -2.95. The lowest BCUT2D eigenvalue weighted by molar-refractivity contribution is 0.102. The van der Waals surface area contributed by atoms with Gasteiger partial charge in [0.15, 0.2) is 5.13 Å². The van der Waals surface area contributed by atoms with Crippen molar-refractivity contribution >= 4 is 34.0 Å². The number of carbonyl (C=O) groups is 1. The summed E-state index contributed by atoms with van der Waals surface area (Å²) in [5.74, 6) is 7.00. The maximum absolute atomic E-state index is 12.9. The Labute approximate surface area is 171 Å². The minimum Gasteiger partial charge on any atom is -0.494 e. The molecule has 6 nitrogen and oxygen atoms in total. The molecular formula is C20H15ClN4O2S. The van der Waals surface area contributed by atoms with Crippen LogP contribution in [0.5, 0.6) is 5.75 Å². The van der Waals surface area contributed by atoms with Gasteiger partial charge in [0.1, 0.15) is 10.9 Å². The average molecular weight is 411 g/mol. The molecule has 28 heavy (non-hydrogen) atoms. The summed E-state index contributed by atoms with van der Waals surface area (Å²) in [7, 11) is 1.53. The maximum atomic E-state index is 12.9. The zero-order valence-corrected chi connectivity index (χ0v) is 16.5. The van der Waals surface area contributed by atoms with Gasteiger partial charge in [-0.15, -0.1) is 0 Å². The van der Waals surface area contributed by atoms with Gasteiger partial charge in [0.2, 0.25) is 0 Å². The van der Waals surface area contributed by atoms with E-state index in [1.54, 1.807) is 30.7 Å². The highest BCUT2D eigenvalue weighted by Gasteiger charge is 2.19. The van der Waals surface area contributed by atoms with Gasteiger partial charge < -0.3 is 4.74 Å². The first kappa shape index (κ1) is 18.4. The van der Waals surface area contributed by atoms with E-state index in [0.717, 1.165) is 4.88 Å². The molecule has 0 spiro atoms. The number of nitrogens with one attached hydrogen (secondary N) is 1. The number of thiazole rings is 1. The molecule has 0 saturated heterocycles. The number of nitrogens with zero attached hydrogens (tertiary/aromatic N) is 3. The van der Waals surface area contributed by atoms with Gasteiger partial charge in [0, 0.05) is 29.4 Å². The number of pyridine rings is 2. The van der Waals surface area contributed by atoms with E-state index in [2.05, 4.69) is 32.1 Å². The third-order valence-electron chi connectivity index (χ3n) is 4.11. The fraction of sp³-hybridized carbons (Fsp3) is 0.200. The molecule has 1 fully saturated rings. The van der Waals surface area contributed by atoms with Crippen molar-refractivity contribution in [2.24, 2.45) is 5.92 Å². The van der Waals surface area contributed by atoms with Crippen molar-refractivity contribution in [2.75, 3.05) is 12.4 Å². The molecule has 1 saturated carbocycles. The molecule has 0 bridgehead atoms. The Morgan fingerprint density at radius 1 is 1.29 bits per heavy atom. The van der Waals surface area contributed by atoms with Crippen molar-refractivity contribution in [1.82, 2.24) is 15.0 Å². The Bertz CT molecular complexity index is 1100. The number of ether oxygens (including phenoxy) is 1. The minimum absolute atomic E-state index is 0.296. The zero-order valence-electron chi connectivity index (χ0n) is 14.9. The van der Waals surface area contributed by atoms with E-state index in [9.17, 15) is 4.79 Å². The summed E-state index contributed by atoms with van der Waals surface area (Å²) >= 11 is 7.38. The number of carbonyl (C=O) groups excluding carboxylic acids is 1. The monoisotopic (exact) mass is 410 g/mol. The normalized spacial score (nSPS) is 12.8. The summed E-state index contributed by atoms with van der Waals surface area (Å²) in [5, 5.41) is 3.62. The first-order valence-electron chi connectivity index (χ1n) is 8.56. The van der Waals surface area contributed by atoms with Crippen LogP contribution < -0.4 is 10.1 Å². The fourth-order valence-electron chi connectivity index (χ4n) is 2.55. The largest absolute Gasteiger partial charge is 0.494 e. The van der Waals surface area contributed by atoms with Crippen LogP contribution in [0.25, 0.3) is 11.1 Å². The number of hydrogen-bond donors (Lipinski definition) is 1. The molecule has 4 rings (SSSR count). The number of amides is 1. The second kappa shape index (κ2) is 7.97. The first-order valence-corrected chi connectivity index (χ1v) is 9.76. The first-order chi connectivity index (χ1) is 13.6. The molecule has 0 radical (unpaired) electrons. The fourth-order valence-corrected chi connectivity index (χ4v) is 3.38. The quantitative estimate of drug-likeness (QED) is 0.513. The summed E-state index contributed by atoms with van der Waals surface area (Å²) in [6.07, 6.45) is 8.68. The highest BCUT2D eigenvalue weighted by Crippen LogP contribution is 2.33. The summed E-state index contributed by atoms with van der Waals surface area (Å²) < 4.78 is 5.36. The maximum Gasteiger partial charge on any atom is 0.258 e. The lowest BCUT2D eigenvalue weighted by atomic mass is 10.0. The van der Waals surface area contributed by atoms with Crippen LogP contribution in [0.2, 0.25) is 5.15 Å². The van der Waals surface area contributed by atoms with Gasteiger partial charge in [-0.3, -0.25) is 15.1 Å². The Kier molecular flexibility index (Phi) is 5.24. The van der Waals surface area contributed by atoms with Crippen LogP contribution in [-0.4, -0.2) is 28.0 Å². The molecule has 0 unspecified atom stereocenters. The average Bonchev–Trinajstić information content (AvgIpc) is 3.44. The topological polar surface area (TPSA) is 77.0 Å². The predicted molar refractivity (Wildman–Crippen MR) is 109 cm³/mol. The molecule has 0 aromatic carbocycles. The van der Waals surface area contributed by atoms with E-state index in [-0.39, 0.29) is 5.91 Å². The summed E-state index contributed by atoms with van der Waals surface area (Å²) in [4.78, 5) is 26.1. The van der Waals surface area contributed by atoms with Gasteiger partial charge in [-0.05, 0) is 25.0 Å². The number of aromatic nitrogens is 3. The van der Waals surface area contributed by atoms with Gasteiger partial charge in [0.05, 0.1) is 29.9 Å². The van der Waals surface area contributed by atoms with E-state index in [4.69, 9.17) is 16.3 Å². The van der Waals surface area contributed by atoms with E-state index in [1.807, 2.05) is 0 Å². The van der Waals surface area contributed by atoms with Crippen molar-refractivity contribution in [3.05, 3.63) is 52.5 Å². The Balaban J connectivity index is 1.61. The van der Waals surface area contributed by atoms with Gasteiger partial charge in [-0.2, -0.15) is 0 Å². The number of hydrogen-bond acceptors (Lipinski definition) is 6. The summed E-state index contributed by atoms with van der Waals surface area (Å²) in [6.45, 7) is 0. The van der Waals surface area contributed by atoms with Gasteiger partial charge in [-0.25, -0.2) is 9.97 Å². The van der Waals surface area contributed by atoms with Crippen LogP contribution in [-0.2, 0) is 0 Å². The predicted octanol–water partition coefficient (Wildman–Crippen LogP) is 4.28. The van der Waals surface area contributed by atoms with Crippen LogP contribution in [0.3, 0.4) is 0 Å². The van der Waals surface area contributed by atoms with Gasteiger partial charge in [0.25, 0.3) is 5.91 Å². The summed E-state index contributed by atoms with van der Waals surface area (Å²) in [6, 6.07) is 3.28. The number of methoxy groups -OCH3 is 1. The van der Waals surface area contributed by atoms with E-state index in [0.29, 0.717) is 38.6 Å². The Morgan fingerprint density at radius 3 is 2.93 bits per heavy atom. The molecule has 3 heterocycles. The number of anilines is 1. The molecular weight excluding hydrogens is 396 g/mol. The van der Waals surface area contributed by atoms with Crippen LogP contribution in [0, 0.1) is 17.8 Å². The second-order valence-corrected chi connectivity index (χ2v) is 7.57. The van der Waals surface area contributed by atoms with Crippen LogP contribution in [0.15, 0.2) is 36.9 Å². The molecule has 1 amide bonds. The smallest absolute Gasteiger partial charge is 0.258 e. The number of halogens is 1. The lowest BCUT2D eigenvalue weighted by Crippen LogP contribution is -2.13. The molecule has 1 N–H and O–H groups in total. The molecule has 1 aliphatic carbocycles. The van der Waals surface area contributed by atoms with E-state index >= 15 is 0 Å². The summed E-state index contributed by atoms with van der Waals surface area (Å²) in [5.41, 5.74) is 1.65. The third-order valence-corrected chi connectivity index (χ3v) is 5.15. The molecule has 140 valence electrons. The second-order valence-electron chi connectivity index (χ2n) is 6.16. The highest BCUT2D eigenvalue weighted by molar-refractivity contribution is 7.16. The number of rotatable bonds is 4. The molecule has 8 heteroatoms. The molecule has 0 atom stereocenters. The van der Waals surface area contributed by atoms with Crippen molar-refractivity contribution in [3.8, 4) is 28.7 Å². The zero-order chi connectivity index (χ0) is 19.5. The third kappa shape index (κ3) is 4.14. The van der Waals surface area contributed by atoms with Crippen LogP contribution >= 0.6 is 22.9 Å². The molecule has 1 aliphatic rings. The van der Waals surface area contributed by atoms with Crippen molar-refractivity contribution in [2.45, 2.75) is 12.8 Å². The highest BCUT2D eigenvalue weighted by atomic mass is 35.5. The van der Waals surface area contributed by atoms with Crippen molar-refractivity contribution < 1.29 is 9.53 Å². The van der Waals surface area contributed by atoms with Crippen molar-refractivity contribution in [3.63, 3.8) is 0 Å². The van der Waals surface area contributed by atoms with E-state index < -0.39 is 0 Å². The van der Waals surface area contributed by atoms with Crippen LogP contribution in [0.4, 0.5) is 5.13 Å². The van der Waals surface area contributed by atoms with Crippen molar-refractivity contribution in [1.29, 1.82) is 0 Å². The molecule has 3 aromatic heterocycles. The molecule has 0 aliphatic heterocycles. The standard InChI is InChI=1S/C20H15ClN4O2S/c1-27-17-11-23-18(21)8-15(17)16-10-22-7-6-14(16)19(26)25-20-24-9-13(28-20)5-4-12-2-3-12/h6-12H,2-3H2,1H3,(H,24,25,26). The SMILES string of the molecule is COc1cnc(Cl)cc1-c1cnccc1C(=O)Nc1ncc(C#CC2CC2)s1. The van der Waals surface area contributed by atoms with E-state index in [1.165, 1.54) is 37.5 Å². The minimum atomic E-state index is -0.302. The Morgan fingerprint density at radius 2 is 2.14 bits per heavy atom.